The third-order valence-corrected chi connectivity index (χ3v) is 3.19. The lowest BCUT2D eigenvalue weighted by molar-refractivity contribution is 0.0496. The van der Waals surface area contributed by atoms with Gasteiger partial charge in [0.2, 0.25) is 0 Å². The molecule has 2 unspecified atom stereocenters. The second kappa shape index (κ2) is 4.65. The highest BCUT2D eigenvalue weighted by atomic mass is 16.5. The van der Waals surface area contributed by atoms with E-state index in [-0.39, 0.29) is 6.10 Å². The maximum atomic E-state index is 5.65. The molecule has 0 radical (unpaired) electrons. The van der Waals surface area contributed by atoms with E-state index >= 15 is 0 Å². The normalized spacial score (nSPS) is 25.8. The molecule has 2 atom stereocenters. The predicted octanol–water partition coefficient (Wildman–Crippen LogP) is 0.920. The number of anilines is 2. The van der Waals surface area contributed by atoms with Gasteiger partial charge < -0.3 is 15.4 Å². The van der Waals surface area contributed by atoms with Gasteiger partial charge in [0.05, 0.1) is 6.10 Å². The lowest BCUT2D eigenvalue weighted by Crippen LogP contribution is -2.44. The summed E-state index contributed by atoms with van der Waals surface area (Å²) in [7, 11) is 1.76. The van der Waals surface area contributed by atoms with E-state index in [1.165, 1.54) is 6.33 Å². The number of hydrogen-bond acceptors (Lipinski definition) is 5. The fourth-order valence-corrected chi connectivity index (χ4v) is 2.08. The third kappa shape index (κ3) is 2.24. The monoisotopic (exact) mass is 222 g/mol. The third-order valence-electron chi connectivity index (χ3n) is 3.19. The summed E-state index contributed by atoms with van der Waals surface area (Å²) >= 11 is 0. The van der Waals surface area contributed by atoms with Crippen LogP contribution in [0.2, 0.25) is 0 Å². The number of nitrogens with two attached hydrogens (primary N) is 1. The summed E-state index contributed by atoms with van der Waals surface area (Å²) in [6, 6.07) is 1.81. The molecule has 0 saturated carbocycles. The zero-order valence-corrected chi connectivity index (χ0v) is 9.76. The van der Waals surface area contributed by atoms with Crippen molar-refractivity contribution in [1.82, 2.24) is 9.97 Å². The lowest BCUT2D eigenvalue weighted by atomic mass is 9.96. The van der Waals surface area contributed by atoms with Gasteiger partial charge in [-0.15, -0.1) is 0 Å². The first-order valence-corrected chi connectivity index (χ1v) is 5.56. The quantitative estimate of drug-likeness (QED) is 0.806. The van der Waals surface area contributed by atoms with Crippen molar-refractivity contribution in [2.24, 2.45) is 5.92 Å². The van der Waals surface area contributed by atoms with Crippen molar-refractivity contribution in [1.29, 1.82) is 0 Å². The van der Waals surface area contributed by atoms with E-state index in [4.69, 9.17) is 10.5 Å². The molecule has 1 aliphatic heterocycles. The summed E-state index contributed by atoms with van der Waals surface area (Å²) in [6.07, 6.45) is 2.89. The van der Waals surface area contributed by atoms with E-state index in [2.05, 4.69) is 21.8 Å². The molecule has 5 nitrogen and oxygen atoms in total. The van der Waals surface area contributed by atoms with Crippen molar-refractivity contribution in [2.45, 2.75) is 19.4 Å². The molecule has 0 amide bonds. The topological polar surface area (TPSA) is 64.3 Å². The number of aromatic nitrogens is 2. The highest BCUT2D eigenvalue weighted by Gasteiger charge is 2.26. The first-order chi connectivity index (χ1) is 7.70. The van der Waals surface area contributed by atoms with Crippen LogP contribution in [0.1, 0.15) is 13.3 Å². The van der Waals surface area contributed by atoms with Gasteiger partial charge in [-0.25, -0.2) is 9.97 Å². The fraction of sp³-hybridized carbons (Fsp3) is 0.636. The van der Waals surface area contributed by atoms with E-state index < -0.39 is 0 Å². The number of piperidine rings is 1. The first-order valence-electron chi connectivity index (χ1n) is 5.56. The molecule has 2 heterocycles. The van der Waals surface area contributed by atoms with Crippen LogP contribution in [0.15, 0.2) is 12.4 Å². The van der Waals surface area contributed by atoms with Crippen LogP contribution >= 0.6 is 0 Å². The Morgan fingerprint density at radius 3 is 3.00 bits per heavy atom. The Bertz CT molecular complexity index is 358. The lowest BCUT2D eigenvalue weighted by Gasteiger charge is -2.36. The number of ether oxygens (including phenoxy) is 1. The summed E-state index contributed by atoms with van der Waals surface area (Å²) in [6.45, 7) is 4.09. The minimum atomic E-state index is 0.268. The van der Waals surface area contributed by atoms with Gasteiger partial charge in [-0.05, 0) is 12.3 Å². The van der Waals surface area contributed by atoms with Crippen LogP contribution in [-0.4, -0.2) is 36.3 Å². The molecule has 0 aliphatic carbocycles. The standard InChI is InChI=1S/C11H18N4O/c1-8-3-4-15(6-9(8)16-2)11-5-10(12)13-7-14-11/h5,7-9H,3-4,6H2,1-2H3,(H2,12,13,14). The highest BCUT2D eigenvalue weighted by Crippen LogP contribution is 2.23. The molecular formula is C11H18N4O. The summed E-state index contributed by atoms with van der Waals surface area (Å²) < 4.78 is 5.47. The minimum Gasteiger partial charge on any atom is -0.384 e. The molecule has 0 aromatic carbocycles. The zero-order valence-electron chi connectivity index (χ0n) is 9.76. The Morgan fingerprint density at radius 1 is 1.50 bits per heavy atom. The Kier molecular flexibility index (Phi) is 3.24. The van der Waals surface area contributed by atoms with Crippen LogP contribution in [0.3, 0.4) is 0 Å². The maximum absolute atomic E-state index is 5.65. The van der Waals surface area contributed by atoms with Gasteiger partial charge in [0.25, 0.3) is 0 Å². The number of rotatable bonds is 2. The van der Waals surface area contributed by atoms with Crippen molar-refractivity contribution >= 4 is 11.6 Å². The van der Waals surface area contributed by atoms with E-state index in [1.54, 1.807) is 7.11 Å². The molecule has 1 aromatic rings. The SMILES string of the molecule is COC1CN(c2cc(N)ncn2)CCC1C. The van der Waals surface area contributed by atoms with Gasteiger partial charge in [0, 0.05) is 26.3 Å². The number of nitrogens with zero attached hydrogens (tertiary/aromatic N) is 3. The molecule has 5 heteroatoms. The Hall–Kier alpha value is -1.36. The molecule has 1 saturated heterocycles. The van der Waals surface area contributed by atoms with Crippen LogP contribution in [0, 0.1) is 5.92 Å². The summed E-state index contributed by atoms with van der Waals surface area (Å²) in [5.41, 5.74) is 5.65. The maximum Gasteiger partial charge on any atom is 0.134 e. The van der Waals surface area contributed by atoms with Crippen molar-refractivity contribution in [2.75, 3.05) is 30.8 Å². The van der Waals surface area contributed by atoms with Gasteiger partial charge >= 0.3 is 0 Å². The van der Waals surface area contributed by atoms with Crippen LogP contribution in [0.5, 0.6) is 0 Å². The molecule has 1 aliphatic rings. The van der Waals surface area contributed by atoms with Crippen molar-refractivity contribution in [3.63, 3.8) is 0 Å². The van der Waals surface area contributed by atoms with Gasteiger partial charge in [-0.3, -0.25) is 0 Å². The van der Waals surface area contributed by atoms with Gasteiger partial charge in [-0.1, -0.05) is 6.92 Å². The molecule has 0 spiro atoms. The van der Waals surface area contributed by atoms with Crippen LogP contribution in [0.4, 0.5) is 11.6 Å². The number of nitrogen functional groups attached to an aromatic ring is 1. The molecule has 2 N–H and O–H groups in total. The van der Waals surface area contributed by atoms with E-state index in [0.717, 1.165) is 25.3 Å². The average molecular weight is 222 g/mol. The largest absolute Gasteiger partial charge is 0.384 e. The molecule has 1 aromatic heterocycles. The second-order valence-electron chi connectivity index (χ2n) is 4.29. The fourth-order valence-electron chi connectivity index (χ4n) is 2.08. The van der Waals surface area contributed by atoms with Crippen molar-refractivity contribution < 1.29 is 4.74 Å². The molecular weight excluding hydrogens is 204 g/mol. The minimum absolute atomic E-state index is 0.268. The Balaban J connectivity index is 2.11. The second-order valence-corrected chi connectivity index (χ2v) is 4.29. The van der Waals surface area contributed by atoms with Crippen molar-refractivity contribution in [3.05, 3.63) is 12.4 Å². The first kappa shape index (κ1) is 11.1. The smallest absolute Gasteiger partial charge is 0.134 e. The number of methoxy groups -OCH3 is 1. The van der Waals surface area contributed by atoms with Crippen molar-refractivity contribution in [3.8, 4) is 0 Å². The predicted molar refractivity (Wildman–Crippen MR) is 63.2 cm³/mol. The van der Waals surface area contributed by atoms with Crippen LogP contribution < -0.4 is 10.6 Å². The Labute approximate surface area is 95.6 Å². The average Bonchev–Trinajstić information content (AvgIpc) is 2.29. The van der Waals surface area contributed by atoms with E-state index in [1.807, 2.05) is 6.07 Å². The van der Waals surface area contributed by atoms with Gasteiger partial charge in [0.15, 0.2) is 0 Å². The summed E-state index contributed by atoms with van der Waals surface area (Å²) in [4.78, 5) is 10.3. The summed E-state index contributed by atoms with van der Waals surface area (Å²) in [5, 5.41) is 0. The van der Waals surface area contributed by atoms with E-state index in [9.17, 15) is 0 Å². The highest BCUT2D eigenvalue weighted by molar-refractivity contribution is 5.46. The molecule has 2 rings (SSSR count). The molecule has 1 fully saturated rings. The zero-order chi connectivity index (χ0) is 11.5. The summed E-state index contributed by atoms with van der Waals surface area (Å²) in [5.74, 6) is 2.00. The Morgan fingerprint density at radius 2 is 2.31 bits per heavy atom. The molecule has 88 valence electrons. The van der Waals surface area contributed by atoms with Gasteiger partial charge in [0.1, 0.15) is 18.0 Å². The van der Waals surface area contributed by atoms with Crippen LogP contribution in [-0.2, 0) is 4.74 Å². The number of hydrogen-bond donors (Lipinski definition) is 1. The van der Waals surface area contributed by atoms with Crippen LogP contribution in [0.25, 0.3) is 0 Å². The van der Waals surface area contributed by atoms with E-state index in [0.29, 0.717) is 11.7 Å². The van der Waals surface area contributed by atoms with Gasteiger partial charge in [-0.2, -0.15) is 0 Å². The molecule has 16 heavy (non-hydrogen) atoms. The molecule has 0 bridgehead atoms.